The average Bonchev–Trinajstić information content (AvgIpc) is 3.84. The first-order chi connectivity index (χ1) is 18.0. The summed E-state index contributed by atoms with van der Waals surface area (Å²) in [6.45, 7) is 1.77. The molecular formula is C30H34N4O3. The molecule has 5 rings (SSSR count). The molecule has 2 aliphatic carbocycles. The van der Waals surface area contributed by atoms with Crippen LogP contribution in [0.2, 0.25) is 0 Å². The van der Waals surface area contributed by atoms with E-state index in [2.05, 4.69) is 22.8 Å². The van der Waals surface area contributed by atoms with Gasteiger partial charge in [-0.1, -0.05) is 48.5 Å². The van der Waals surface area contributed by atoms with Gasteiger partial charge in [0, 0.05) is 31.1 Å². The number of amides is 2. The van der Waals surface area contributed by atoms with E-state index in [4.69, 9.17) is 10.5 Å². The van der Waals surface area contributed by atoms with Gasteiger partial charge >= 0.3 is 6.09 Å². The van der Waals surface area contributed by atoms with Crippen LogP contribution in [-0.4, -0.2) is 36.5 Å². The van der Waals surface area contributed by atoms with E-state index in [-0.39, 0.29) is 12.5 Å². The van der Waals surface area contributed by atoms with E-state index in [1.54, 1.807) is 31.3 Å². The van der Waals surface area contributed by atoms with Crippen LogP contribution in [0.3, 0.4) is 0 Å². The number of nitrogens with one attached hydrogen (secondary N) is 2. The van der Waals surface area contributed by atoms with Crippen molar-refractivity contribution in [3.05, 3.63) is 95.1 Å². The van der Waals surface area contributed by atoms with Crippen molar-refractivity contribution in [2.24, 2.45) is 5.92 Å². The van der Waals surface area contributed by atoms with Crippen LogP contribution in [0.5, 0.6) is 0 Å². The summed E-state index contributed by atoms with van der Waals surface area (Å²) in [5.41, 5.74) is 10.7. The lowest BCUT2D eigenvalue weighted by Crippen LogP contribution is -2.26. The van der Waals surface area contributed by atoms with Crippen LogP contribution in [-0.2, 0) is 17.9 Å². The molecule has 0 saturated heterocycles. The van der Waals surface area contributed by atoms with E-state index in [1.807, 2.05) is 36.4 Å². The Morgan fingerprint density at radius 2 is 1.68 bits per heavy atom. The Labute approximate surface area is 218 Å². The van der Waals surface area contributed by atoms with Crippen LogP contribution in [0.4, 0.5) is 16.2 Å². The van der Waals surface area contributed by atoms with Crippen molar-refractivity contribution in [1.82, 2.24) is 10.2 Å². The summed E-state index contributed by atoms with van der Waals surface area (Å²) < 4.78 is 5.51. The third-order valence-corrected chi connectivity index (χ3v) is 7.08. The second-order valence-electron chi connectivity index (χ2n) is 10.2. The molecule has 0 heterocycles. The fraction of sp³-hybridized carbons (Fsp3) is 0.333. The highest BCUT2D eigenvalue weighted by atomic mass is 16.6. The molecule has 37 heavy (non-hydrogen) atoms. The predicted molar refractivity (Wildman–Crippen MR) is 145 cm³/mol. The number of benzene rings is 3. The first-order valence-corrected chi connectivity index (χ1v) is 12.9. The highest BCUT2D eigenvalue weighted by Crippen LogP contribution is 2.41. The summed E-state index contributed by atoms with van der Waals surface area (Å²) in [4.78, 5) is 26.5. The van der Waals surface area contributed by atoms with Gasteiger partial charge in [-0.15, -0.1) is 0 Å². The third-order valence-electron chi connectivity index (χ3n) is 7.08. The van der Waals surface area contributed by atoms with E-state index in [1.165, 1.54) is 29.7 Å². The summed E-state index contributed by atoms with van der Waals surface area (Å²) in [7, 11) is 1.70. The highest BCUT2D eigenvalue weighted by Gasteiger charge is 2.38. The van der Waals surface area contributed by atoms with Gasteiger partial charge in [-0.05, 0) is 72.7 Å². The normalized spacial score (nSPS) is 18.2. The number of ether oxygens (including phenoxy) is 1. The van der Waals surface area contributed by atoms with Crippen molar-refractivity contribution in [1.29, 1.82) is 0 Å². The largest absolute Gasteiger partial charge is 0.445 e. The van der Waals surface area contributed by atoms with E-state index in [9.17, 15) is 9.59 Å². The second kappa shape index (κ2) is 11.0. The molecule has 7 nitrogen and oxygen atoms in total. The summed E-state index contributed by atoms with van der Waals surface area (Å²) in [6.07, 6.45) is 3.57. The Morgan fingerprint density at radius 3 is 2.38 bits per heavy atom. The van der Waals surface area contributed by atoms with Crippen molar-refractivity contribution in [3.63, 3.8) is 0 Å². The number of carbonyl (C=O) groups is 2. The minimum absolute atomic E-state index is 0.235. The standard InChI is InChI=1S/C30H34N4O3/c1-34(18-21-8-14-24(15-9-21)29(35)33-27-5-3-2-4-26(27)31)30(36)37-19-22-10-12-23(13-11-22)25-16-28(25)32-17-20-6-7-20/h2-5,8-15,20,25,28,32H,6-7,16-19,31H2,1H3,(H,33,35). The maximum absolute atomic E-state index is 12.5. The molecule has 2 saturated carbocycles. The maximum Gasteiger partial charge on any atom is 0.410 e. The quantitative estimate of drug-likeness (QED) is 0.336. The molecule has 0 aliphatic heterocycles. The molecule has 2 aliphatic rings. The SMILES string of the molecule is CN(Cc1ccc(C(=O)Nc2ccccc2N)cc1)C(=O)OCc1ccc(C2CC2NCC2CC2)cc1. The number of para-hydroxylation sites is 2. The smallest absolute Gasteiger partial charge is 0.410 e. The molecule has 3 aromatic rings. The molecule has 2 amide bonds. The summed E-state index contributed by atoms with van der Waals surface area (Å²) >= 11 is 0. The van der Waals surface area contributed by atoms with Crippen LogP contribution in [0.1, 0.15) is 52.2 Å². The topological polar surface area (TPSA) is 96.7 Å². The van der Waals surface area contributed by atoms with Crippen molar-refractivity contribution < 1.29 is 14.3 Å². The zero-order valence-corrected chi connectivity index (χ0v) is 21.2. The fourth-order valence-electron chi connectivity index (χ4n) is 4.45. The summed E-state index contributed by atoms with van der Waals surface area (Å²) in [6, 6.07) is 23.3. The minimum Gasteiger partial charge on any atom is -0.445 e. The Morgan fingerprint density at radius 1 is 0.973 bits per heavy atom. The van der Waals surface area contributed by atoms with Gasteiger partial charge in [-0.3, -0.25) is 4.79 Å². The predicted octanol–water partition coefficient (Wildman–Crippen LogP) is 5.15. The van der Waals surface area contributed by atoms with Gasteiger partial charge in [-0.25, -0.2) is 4.79 Å². The van der Waals surface area contributed by atoms with Crippen LogP contribution >= 0.6 is 0 Å². The van der Waals surface area contributed by atoms with Crippen molar-refractivity contribution >= 4 is 23.4 Å². The van der Waals surface area contributed by atoms with Gasteiger partial charge in [0.2, 0.25) is 0 Å². The third kappa shape index (κ3) is 6.68. The molecule has 0 aromatic heterocycles. The summed E-state index contributed by atoms with van der Waals surface area (Å²) in [5.74, 6) is 1.27. The lowest BCUT2D eigenvalue weighted by Gasteiger charge is -2.17. The number of rotatable bonds is 10. The lowest BCUT2D eigenvalue weighted by atomic mass is 10.1. The molecule has 3 aromatic carbocycles. The Hall–Kier alpha value is -3.84. The molecule has 0 bridgehead atoms. The van der Waals surface area contributed by atoms with E-state index in [0.29, 0.717) is 35.4 Å². The number of hydrogen-bond donors (Lipinski definition) is 3. The van der Waals surface area contributed by atoms with Crippen molar-refractivity contribution in [3.8, 4) is 0 Å². The van der Waals surface area contributed by atoms with Crippen LogP contribution in [0.25, 0.3) is 0 Å². The van der Waals surface area contributed by atoms with E-state index >= 15 is 0 Å². The zero-order valence-electron chi connectivity index (χ0n) is 21.2. The van der Waals surface area contributed by atoms with E-state index < -0.39 is 6.09 Å². The van der Waals surface area contributed by atoms with Gasteiger partial charge in [0.05, 0.1) is 11.4 Å². The molecule has 0 spiro atoms. The van der Waals surface area contributed by atoms with Gasteiger partial charge in [-0.2, -0.15) is 0 Å². The number of anilines is 2. The van der Waals surface area contributed by atoms with Gasteiger partial charge in [0.1, 0.15) is 6.61 Å². The van der Waals surface area contributed by atoms with Crippen LogP contribution in [0.15, 0.2) is 72.8 Å². The highest BCUT2D eigenvalue weighted by molar-refractivity contribution is 6.05. The number of carbonyl (C=O) groups excluding carboxylic acids is 2. The minimum atomic E-state index is -0.392. The average molecular weight is 499 g/mol. The summed E-state index contributed by atoms with van der Waals surface area (Å²) in [5, 5.41) is 6.49. The first-order valence-electron chi connectivity index (χ1n) is 12.9. The van der Waals surface area contributed by atoms with Crippen molar-refractivity contribution in [2.75, 3.05) is 24.6 Å². The maximum atomic E-state index is 12.5. The Bertz CT molecular complexity index is 1240. The number of nitrogens with zero attached hydrogens (tertiary/aromatic N) is 1. The number of nitrogens with two attached hydrogens (primary N) is 1. The van der Waals surface area contributed by atoms with Gasteiger partial charge < -0.3 is 26.0 Å². The first kappa shape index (κ1) is 24.8. The fourth-order valence-corrected chi connectivity index (χ4v) is 4.45. The van der Waals surface area contributed by atoms with Crippen molar-refractivity contribution in [2.45, 2.75) is 44.4 Å². The second-order valence-corrected chi connectivity index (χ2v) is 10.2. The van der Waals surface area contributed by atoms with Crippen LogP contribution in [0, 0.1) is 5.92 Å². The molecular weight excluding hydrogens is 464 g/mol. The molecule has 7 heteroatoms. The molecule has 2 fully saturated rings. The Kier molecular flexibility index (Phi) is 7.42. The van der Waals surface area contributed by atoms with Gasteiger partial charge in [0.25, 0.3) is 5.91 Å². The molecule has 2 atom stereocenters. The zero-order chi connectivity index (χ0) is 25.8. The molecule has 2 unspecified atom stereocenters. The van der Waals surface area contributed by atoms with Gasteiger partial charge in [0.15, 0.2) is 0 Å². The molecule has 4 N–H and O–H groups in total. The van der Waals surface area contributed by atoms with Crippen LogP contribution < -0.4 is 16.4 Å². The Balaban J connectivity index is 1.05. The lowest BCUT2D eigenvalue weighted by molar-refractivity contribution is 0.101. The molecule has 0 radical (unpaired) electrons. The number of hydrogen-bond acceptors (Lipinski definition) is 5. The molecule has 192 valence electrons. The number of nitrogen functional groups attached to an aromatic ring is 1. The van der Waals surface area contributed by atoms with E-state index in [0.717, 1.165) is 23.6 Å². The monoisotopic (exact) mass is 498 g/mol.